The van der Waals surface area contributed by atoms with Gasteiger partial charge in [-0.05, 0) is 35.2 Å². The number of amides is 2. The number of aromatic nitrogens is 1. The Balaban J connectivity index is 1.48. The monoisotopic (exact) mass is 339 g/mol. The first kappa shape index (κ1) is 16.9. The van der Waals surface area contributed by atoms with E-state index < -0.39 is 6.10 Å². The molecule has 0 fully saturated rings. The minimum atomic E-state index is -0.797. The number of rotatable bonds is 6. The Labute approximate surface area is 145 Å². The summed E-state index contributed by atoms with van der Waals surface area (Å²) in [6, 6.07) is 16.7. The Morgan fingerprint density at radius 3 is 2.80 bits per heavy atom. The van der Waals surface area contributed by atoms with Gasteiger partial charge in [0.15, 0.2) is 0 Å². The zero-order valence-electron chi connectivity index (χ0n) is 14.0. The van der Waals surface area contributed by atoms with E-state index in [4.69, 9.17) is 4.74 Å². The van der Waals surface area contributed by atoms with Crippen molar-refractivity contribution < 1.29 is 14.6 Å². The van der Waals surface area contributed by atoms with Crippen LogP contribution in [0.15, 0.2) is 54.6 Å². The molecule has 1 atom stereocenters. The molecule has 1 aromatic heterocycles. The van der Waals surface area contributed by atoms with Crippen LogP contribution in [0.5, 0.6) is 5.75 Å². The third kappa shape index (κ3) is 4.30. The molecular weight excluding hydrogens is 318 g/mol. The van der Waals surface area contributed by atoms with E-state index in [1.54, 1.807) is 31.4 Å². The molecule has 0 spiro atoms. The van der Waals surface area contributed by atoms with Crippen molar-refractivity contribution in [3.63, 3.8) is 0 Å². The molecule has 1 heterocycles. The summed E-state index contributed by atoms with van der Waals surface area (Å²) in [7, 11) is 1.57. The van der Waals surface area contributed by atoms with E-state index in [1.807, 2.05) is 30.3 Å². The van der Waals surface area contributed by atoms with Gasteiger partial charge in [-0.3, -0.25) is 0 Å². The summed E-state index contributed by atoms with van der Waals surface area (Å²) in [6.45, 7) is 0.501. The summed E-state index contributed by atoms with van der Waals surface area (Å²) >= 11 is 0. The second-order valence-corrected chi connectivity index (χ2v) is 5.74. The van der Waals surface area contributed by atoms with Crippen LogP contribution >= 0.6 is 0 Å². The third-order valence-corrected chi connectivity index (χ3v) is 3.96. The Kier molecular flexibility index (Phi) is 5.20. The van der Waals surface area contributed by atoms with Gasteiger partial charge in [0.05, 0.1) is 19.8 Å². The number of aromatic amines is 1. The molecule has 3 aromatic rings. The Hall–Kier alpha value is -2.99. The number of para-hydroxylation sites is 1. The number of aliphatic hydroxyl groups excluding tert-OH is 1. The smallest absolute Gasteiger partial charge is 0.315 e. The van der Waals surface area contributed by atoms with Gasteiger partial charge in [0.2, 0.25) is 0 Å². The van der Waals surface area contributed by atoms with Gasteiger partial charge in [0, 0.05) is 17.8 Å². The fraction of sp³-hybridized carbons (Fsp3) is 0.211. The average molecular weight is 339 g/mol. The molecule has 130 valence electrons. The molecule has 0 radical (unpaired) electrons. The van der Waals surface area contributed by atoms with E-state index in [0.717, 1.165) is 16.6 Å². The first-order valence-electron chi connectivity index (χ1n) is 8.06. The number of ether oxygens (including phenoxy) is 1. The largest absolute Gasteiger partial charge is 0.497 e. The number of hydrogen-bond acceptors (Lipinski definition) is 3. The predicted octanol–water partition coefficient (Wildman–Crippen LogP) is 2.71. The molecule has 0 saturated heterocycles. The van der Waals surface area contributed by atoms with Crippen molar-refractivity contribution >= 4 is 16.9 Å². The van der Waals surface area contributed by atoms with Crippen molar-refractivity contribution in [1.29, 1.82) is 0 Å². The topological polar surface area (TPSA) is 86.4 Å². The van der Waals surface area contributed by atoms with Crippen molar-refractivity contribution in [1.82, 2.24) is 15.6 Å². The van der Waals surface area contributed by atoms with E-state index in [-0.39, 0.29) is 12.6 Å². The summed E-state index contributed by atoms with van der Waals surface area (Å²) in [6.07, 6.45) is -0.797. The van der Waals surface area contributed by atoms with E-state index in [9.17, 15) is 9.90 Å². The van der Waals surface area contributed by atoms with Crippen LogP contribution in [-0.2, 0) is 6.54 Å². The Morgan fingerprint density at radius 1 is 1.16 bits per heavy atom. The van der Waals surface area contributed by atoms with Crippen molar-refractivity contribution in [3.8, 4) is 5.75 Å². The molecular formula is C19H21N3O3. The van der Waals surface area contributed by atoms with Crippen molar-refractivity contribution in [2.45, 2.75) is 12.6 Å². The fourth-order valence-corrected chi connectivity index (χ4v) is 2.62. The number of urea groups is 1. The van der Waals surface area contributed by atoms with Crippen LogP contribution < -0.4 is 15.4 Å². The Morgan fingerprint density at radius 2 is 2.00 bits per heavy atom. The minimum Gasteiger partial charge on any atom is -0.497 e. The SMILES string of the molecule is COc1cccc(C(O)CNC(=O)NCc2cc3ccccc3[nH]2)c1. The van der Waals surface area contributed by atoms with E-state index in [0.29, 0.717) is 17.9 Å². The van der Waals surface area contributed by atoms with Crippen LogP contribution in [0.25, 0.3) is 10.9 Å². The molecule has 4 N–H and O–H groups in total. The standard InChI is InChI=1S/C19H21N3O3/c1-25-16-7-4-6-14(10-16)18(23)12-21-19(24)20-11-15-9-13-5-2-3-8-17(13)22-15/h2-10,18,22-23H,11-12H2,1H3,(H2,20,21,24). The molecule has 0 bridgehead atoms. The van der Waals surface area contributed by atoms with Crippen molar-refractivity contribution in [3.05, 3.63) is 65.9 Å². The molecule has 0 aliphatic carbocycles. The van der Waals surface area contributed by atoms with Crippen LogP contribution in [0.1, 0.15) is 17.4 Å². The molecule has 6 nitrogen and oxygen atoms in total. The molecule has 2 aromatic carbocycles. The minimum absolute atomic E-state index is 0.117. The summed E-state index contributed by atoms with van der Waals surface area (Å²) in [4.78, 5) is 15.2. The second kappa shape index (κ2) is 7.72. The summed E-state index contributed by atoms with van der Waals surface area (Å²) in [5.41, 5.74) is 2.65. The van der Waals surface area contributed by atoms with E-state index in [2.05, 4.69) is 15.6 Å². The van der Waals surface area contributed by atoms with Gasteiger partial charge in [0.1, 0.15) is 5.75 Å². The van der Waals surface area contributed by atoms with E-state index in [1.165, 1.54) is 0 Å². The maximum atomic E-state index is 11.9. The van der Waals surface area contributed by atoms with Crippen molar-refractivity contribution in [2.24, 2.45) is 0 Å². The quantitative estimate of drug-likeness (QED) is 0.557. The number of H-pyrrole nitrogens is 1. The molecule has 3 rings (SSSR count). The van der Waals surface area contributed by atoms with Crippen molar-refractivity contribution in [2.75, 3.05) is 13.7 Å². The highest BCUT2D eigenvalue weighted by atomic mass is 16.5. The van der Waals surface area contributed by atoms with Gasteiger partial charge in [0.25, 0.3) is 0 Å². The van der Waals surface area contributed by atoms with Gasteiger partial charge >= 0.3 is 6.03 Å². The number of fused-ring (bicyclic) bond motifs is 1. The predicted molar refractivity (Wildman–Crippen MR) is 96.5 cm³/mol. The molecule has 0 aliphatic heterocycles. The first-order valence-corrected chi connectivity index (χ1v) is 8.06. The highest BCUT2D eigenvalue weighted by Crippen LogP contribution is 2.18. The summed E-state index contributed by atoms with van der Waals surface area (Å²) in [5, 5.41) is 16.7. The van der Waals surface area contributed by atoms with Gasteiger partial charge < -0.3 is 25.5 Å². The number of carbonyl (C=O) groups is 1. The van der Waals surface area contributed by atoms with Gasteiger partial charge in [-0.25, -0.2) is 4.79 Å². The summed E-state index contributed by atoms with van der Waals surface area (Å²) in [5.74, 6) is 0.666. The molecule has 1 unspecified atom stereocenters. The lowest BCUT2D eigenvalue weighted by Crippen LogP contribution is -2.37. The van der Waals surface area contributed by atoms with Crippen LogP contribution in [-0.4, -0.2) is 29.8 Å². The lowest BCUT2D eigenvalue weighted by molar-refractivity contribution is 0.172. The highest BCUT2D eigenvalue weighted by Gasteiger charge is 2.10. The lowest BCUT2D eigenvalue weighted by atomic mass is 10.1. The molecule has 0 saturated carbocycles. The second-order valence-electron chi connectivity index (χ2n) is 5.74. The van der Waals surface area contributed by atoms with Gasteiger partial charge in [-0.1, -0.05) is 30.3 Å². The van der Waals surface area contributed by atoms with E-state index >= 15 is 0 Å². The first-order chi connectivity index (χ1) is 12.2. The number of carbonyl (C=O) groups excluding carboxylic acids is 1. The number of benzene rings is 2. The maximum absolute atomic E-state index is 11.9. The van der Waals surface area contributed by atoms with Crippen LogP contribution in [0.3, 0.4) is 0 Å². The summed E-state index contributed by atoms with van der Waals surface area (Å²) < 4.78 is 5.13. The average Bonchev–Trinajstić information content (AvgIpc) is 3.07. The number of nitrogens with one attached hydrogen (secondary N) is 3. The third-order valence-electron chi connectivity index (χ3n) is 3.96. The Bertz CT molecular complexity index is 827. The molecule has 25 heavy (non-hydrogen) atoms. The maximum Gasteiger partial charge on any atom is 0.315 e. The number of hydrogen-bond donors (Lipinski definition) is 4. The zero-order valence-corrected chi connectivity index (χ0v) is 14.0. The highest BCUT2D eigenvalue weighted by molar-refractivity contribution is 5.80. The van der Waals surface area contributed by atoms with Crippen LogP contribution in [0.2, 0.25) is 0 Å². The zero-order chi connectivity index (χ0) is 17.6. The van der Waals surface area contributed by atoms with Gasteiger partial charge in [-0.2, -0.15) is 0 Å². The molecule has 0 aliphatic rings. The lowest BCUT2D eigenvalue weighted by Gasteiger charge is -2.13. The van der Waals surface area contributed by atoms with Crippen LogP contribution in [0.4, 0.5) is 4.79 Å². The number of methoxy groups -OCH3 is 1. The molecule has 6 heteroatoms. The van der Waals surface area contributed by atoms with Crippen LogP contribution in [0, 0.1) is 0 Å². The number of aliphatic hydroxyl groups is 1. The van der Waals surface area contributed by atoms with Gasteiger partial charge in [-0.15, -0.1) is 0 Å². The molecule has 2 amide bonds. The normalized spacial score (nSPS) is 11.9. The fourth-order valence-electron chi connectivity index (χ4n) is 2.62.